The van der Waals surface area contributed by atoms with Crippen LogP contribution in [0.1, 0.15) is 44.4 Å². The van der Waals surface area contributed by atoms with Crippen LogP contribution in [0.4, 0.5) is 8.78 Å². The second-order valence-electron chi connectivity index (χ2n) is 11.7. The van der Waals surface area contributed by atoms with Crippen LogP contribution in [-0.2, 0) is 24.2 Å². The van der Waals surface area contributed by atoms with Crippen LogP contribution in [0.25, 0.3) is 16.9 Å². The van der Waals surface area contributed by atoms with Crippen LogP contribution in [0.15, 0.2) is 79.3 Å². The summed E-state index contributed by atoms with van der Waals surface area (Å²) in [7, 11) is 0. The van der Waals surface area contributed by atoms with Gasteiger partial charge >= 0.3 is 0 Å². The van der Waals surface area contributed by atoms with E-state index in [0.717, 1.165) is 35.0 Å². The molecule has 3 N–H and O–H groups in total. The summed E-state index contributed by atoms with van der Waals surface area (Å²) in [6.07, 6.45) is 3.78. The molecule has 6 nitrogen and oxygen atoms in total. The predicted octanol–water partition coefficient (Wildman–Crippen LogP) is 5.60. The van der Waals surface area contributed by atoms with E-state index in [-0.39, 0.29) is 24.3 Å². The zero-order chi connectivity index (χ0) is 29.6. The summed E-state index contributed by atoms with van der Waals surface area (Å²) in [5.41, 5.74) is 5.55. The Morgan fingerprint density at radius 2 is 1.71 bits per heavy atom. The van der Waals surface area contributed by atoms with Crippen LogP contribution in [0.3, 0.4) is 0 Å². The summed E-state index contributed by atoms with van der Waals surface area (Å²) >= 11 is 0. The predicted molar refractivity (Wildman–Crippen MR) is 158 cm³/mol. The van der Waals surface area contributed by atoms with Crippen LogP contribution < -0.4 is 10.6 Å². The second-order valence-corrected chi connectivity index (χ2v) is 11.7. The highest BCUT2D eigenvalue weighted by Crippen LogP contribution is 2.26. The number of hydrogen-bond acceptors (Lipinski definition) is 4. The summed E-state index contributed by atoms with van der Waals surface area (Å²) in [6.45, 7) is 8.55. The molecular weight excluding hydrogens is 522 g/mol. The third-order valence-electron chi connectivity index (χ3n) is 6.71. The lowest BCUT2D eigenvalue weighted by molar-refractivity contribution is -0.120. The highest BCUT2D eigenvalue weighted by Gasteiger charge is 2.22. The lowest BCUT2D eigenvalue weighted by Crippen LogP contribution is -2.48. The molecule has 3 aromatic carbocycles. The number of benzene rings is 3. The molecule has 0 spiro atoms. The fraction of sp³-hybridized carbons (Fsp3) is 0.333. The van der Waals surface area contributed by atoms with Gasteiger partial charge in [-0.2, -0.15) is 0 Å². The zero-order valence-electron chi connectivity index (χ0n) is 24.0. The number of hydrogen-bond donors (Lipinski definition) is 3. The van der Waals surface area contributed by atoms with Gasteiger partial charge in [0.25, 0.3) is 0 Å². The van der Waals surface area contributed by atoms with E-state index in [0.29, 0.717) is 12.1 Å². The van der Waals surface area contributed by atoms with Gasteiger partial charge in [-0.15, -0.1) is 0 Å². The third kappa shape index (κ3) is 8.80. The van der Waals surface area contributed by atoms with Crippen LogP contribution in [0.5, 0.6) is 0 Å². The molecule has 0 fully saturated rings. The van der Waals surface area contributed by atoms with Gasteiger partial charge in [-0.05, 0) is 53.1 Å². The minimum Gasteiger partial charge on any atom is -0.390 e. The van der Waals surface area contributed by atoms with Gasteiger partial charge in [-0.3, -0.25) is 4.79 Å². The monoisotopic (exact) mass is 560 g/mol. The Bertz CT molecular complexity index is 1440. The molecule has 2 atom stereocenters. The largest absolute Gasteiger partial charge is 0.390 e. The van der Waals surface area contributed by atoms with Crippen LogP contribution >= 0.6 is 0 Å². The van der Waals surface area contributed by atoms with Crippen LogP contribution in [-0.4, -0.2) is 39.3 Å². The van der Waals surface area contributed by atoms with E-state index in [2.05, 4.69) is 54.6 Å². The number of carbonyl (C=O) groups is 1. The van der Waals surface area contributed by atoms with Crippen LogP contribution in [0, 0.1) is 17.0 Å². The molecule has 0 aliphatic carbocycles. The Hall–Kier alpha value is -3.88. The molecule has 0 aliphatic heterocycles. The van der Waals surface area contributed by atoms with Crippen molar-refractivity contribution in [3.05, 3.63) is 108 Å². The Morgan fingerprint density at radius 1 is 1.00 bits per heavy atom. The Morgan fingerprint density at radius 3 is 2.37 bits per heavy atom. The number of imidazole rings is 1. The number of nitrogens with zero attached hydrogens (tertiary/aromatic N) is 2. The van der Waals surface area contributed by atoms with E-state index in [1.54, 1.807) is 6.33 Å². The summed E-state index contributed by atoms with van der Waals surface area (Å²) in [5, 5.41) is 17.0. The molecule has 1 amide bonds. The van der Waals surface area contributed by atoms with E-state index in [4.69, 9.17) is 0 Å². The quantitative estimate of drug-likeness (QED) is 0.223. The molecule has 0 radical (unpaired) electrons. The number of carbonyl (C=O) groups excluding carboxylic acids is 1. The number of rotatable bonds is 11. The highest BCUT2D eigenvalue weighted by molar-refractivity contribution is 5.73. The normalized spacial score (nSPS) is 13.1. The Labute approximate surface area is 240 Å². The van der Waals surface area contributed by atoms with E-state index < -0.39 is 23.8 Å². The first-order chi connectivity index (χ1) is 19.5. The van der Waals surface area contributed by atoms with Gasteiger partial charge in [-0.1, -0.05) is 63.2 Å². The summed E-state index contributed by atoms with van der Waals surface area (Å²) < 4.78 is 29.5. The molecule has 8 heteroatoms. The molecule has 0 saturated heterocycles. The lowest BCUT2D eigenvalue weighted by Gasteiger charge is -2.25. The van der Waals surface area contributed by atoms with Crippen LogP contribution in [0.2, 0.25) is 0 Å². The fourth-order valence-corrected chi connectivity index (χ4v) is 4.99. The van der Waals surface area contributed by atoms with Gasteiger partial charge in [0, 0.05) is 37.8 Å². The number of halogens is 2. The maximum Gasteiger partial charge on any atom is 0.217 e. The van der Waals surface area contributed by atoms with Crippen molar-refractivity contribution >= 4 is 5.91 Å². The zero-order valence-corrected chi connectivity index (χ0v) is 24.0. The molecule has 4 rings (SSSR count). The molecule has 0 aliphatic rings. The first-order valence-electron chi connectivity index (χ1n) is 13.8. The number of aliphatic hydroxyl groups excluding tert-OH is 1. The van der Waals surface area contributed by atoms with Gasteiger partial charge in [0.2, 0.25) is 5.91 Å². The molecular formula is C33H38F2N4O2. The Balaban J connectivity index is 1.52. The van der Waals surface area contributed by atoms with Gasteiger partial charge < -0.3 is 20.3 Å². The maximum absolute atomic E-state index is 13.7. The number of aromatic nitrogens is 2. The molecule has 41 heavy (non-hydrogen) atoms. The highest BCUT2D eigenvalue weighted by atomic mass is 19.1. The molecule has 0 saturated carbocycles. The molecule has 2 unspecified atom stereocenters. The van der Waals surface area contributed by atoms with Crippen molar-refractivity contribution in [1.82, 2.24) is 20.2 Å². The van der Waals surface area contributed by atoms with Crippen molar-refractivity contribution in [1.29, 1.82) is 0 Å². The van der Waals surface area contributed by atoms with E-state index in [9.17, 15) is 18.7 Å². The minimum absolute atomic E-state index is 0.0841. The van der Waals surface area contributed by atoms with Crippen molar-refractivity contribution in [3.8, 4) is 16.9 Å². The average Bonchev–Trinajstić information content (AvgIpc) is 3.37. The smallest absolute Gasteiger partial charge is 0.217 e. The number of amides is 1. The van der Waals surface area contributed by atoms with Gasteiger partial charge in [0.15, 0.2) is 0 Å². The third-order valence-corrected chi connectivity index (χ3v) is 6.71. The summed E-state index contributed by atoms with van der Waals surface area (Å²) in [4.78, 5) is 16.4. The van der Waals surface area contributed by atoms with E-state index in [1.165, 1.54) is 24.6 Å². The number of aliphatic hydroxyl groups is 1. The van der Waals surface area contributed by atoms with Gasteiger partial charge in [0.05, 0.1) is 29.9 Å². The lowest BCUT2D eigenvalue weighted by atomic mass is 9.87. The minimum atomic E-state index is -0.996. The summed E-state index contributed by atoms with van der Waals surface area (Å²) in [6, 6.07) is 18.8. The fourth-order valence-electron chi connectivity index (χ4n) is 4.99. The first-order valence-corrected chi connectivity index (χ1v) is 13.8. The first kappa shape index (κ1) is 30.1. The second kappa shape index (κ2) is 13.2. The molecule has 1 aromatic heterocycles. The molecule has 4 aromatic rings. The van der Waals surface area contributed by atoms with Crippen molar-refractivity contribution in [2.24, 2.45) is 5.41 Å². The maximum atomic E-state index is 13.7. The Kier molecular flexibility index (Phi) is 9.68. The van der Waals surface area contributed by atoms with E-state index >= 15 is 0 Å². The standard InChI is InChI=1S/C33H38F2N4O2/c1-22(40)38-29(15-24-13-27(34)16-28(35)14-24)32(41)19-36-18-26-12-23(17-33(2,3)4)10-11-31(26)39-20-30(37-21-39)25-8-6-5-7-9-25/h5-14,16,20-21,29,32,36,41H,15,17-19H2,1-4H3,(H,38,40). The van der Waals surface area contributed by atoms with Crippen molar-refractivity contribution in [2.45, 2.75) is 59.2 Å². The van der Waals surface area contributed by atoms with Crippen molar-refractivity contribution < 1.29 is 18.7 Å². The van der Waals surface area contributed by atoms with Gasteiger partial charge in [0.1, 0.15) is 11.6 Å². The van der Waals surface area contributed by atoms with Gasteiger partial charge in [-0.25, -0.2) is 13.8 Å². The molecule has 1 heterocycles. The SMILES string of the molecule is CC(=O)NC(Cc1cc(F)cc(F)c1)C(O)CNCc1cc(CC(C)(C)C)ccc1-n1cnc(-c2ccccc2)c1. The molecule has 0 bridgehead atoms. The van der Waals surface area contributed by atoms with Crippen molar-refractivity contribution in [2.75, 3.05) is 6.54 Å². The topological polar surface area (TPSA) is 79.2 Å². The number of nitrogens with one attached hydrogen (secondary N) is 2. The summed E-state index contributed by atoms with van der Waals surface area (Å²) in [5.74, 6) is -1.74. The average molecular weight is 561 g/mol. The molecule has 216 valence electrons. The van der Waals surface area contributed by atoms with Crippen molar-refractivity contribution in [3.63, 3.8) is 0 Å². The van der Waals surface area contributed by atoms with E-state index in [1.807, 2.05) is 41.1 Å².